The molecule has 2 aromatic rings. The van der Waals surface area contributed by atoms with Crippen molar-refractivity contribution >= 4 is 23.1 Å². The van der Waals surface area contributed by atoms with Gasteiger partial charge in [0.2, 0.25) is 0 Å². The maximum atomic E-state index is 6.00. The Hall–Kier alpha value is -0.970. The second-order valence-corrected chi connectivity index (χ2v) is 6.43. The van der Waals surface area contributed by atoms with Gasteiger partial charge in [-0.25, -0.2) is 0 Å². The van der Waals surface area contributed by atoms with E-state index in [-0.39, 0.29) is 5.54 Å². The van der Waals surface area contributed by atoms with Gasteiger partial charge in [-0.15, -0.1) is 5.10 Å². The molecule has 0 amide bonds. The van der Waals surface area contributed by atoms with Crippen LogP contribution in [-0.4, -0.2) is 15.1 Å². The summed E-state index contributed by atoms with van der Waals surface area (Å²) in [4.78, 5) is 1.13. The fraction of sp³-hybridized carbons (Fsp3) is 0.385. The Morgan fingerprint density at radius 2 is 2.11 bits per heavy atom. The highest BCUT2D eigenvalue weighted by molar-refractivity contribution is 7.05. The summed E-state index contributed by atoms with van der Waals surface area (Å²) in [6.45, 7) is 7.19. The van der Waals surface area contributed by atoms with Crippen molar-refractivity contribution in [2.24, 2.45) is 0 Å². The van der Waals surface area contributed by atoms with E-state index in [2.05, 4.69) is 35.7 Å². The van der Waals surface area contributed by atoms with Crippen LogP contribution in [0.5, 0.6) is 0 Å². The molecule has 0 aliphatic carbocycles. The average Bonchev–Trinajstić information content (AvgIpc) is 2.73. The van der Waals surface area contributed by atoms with Gasteiger partial charge in [-0.1, -0.05) is 28.2 Å². The molecule has 96 valence electrons. The third kappa shape index (κ3) is 3.51. The molecule has 0 saturated heterocycles. The molecule has 0 aliphatic heterocycles. The van der Waals surface area contributed by atoms with Gasteiger partial charge in [0.1, 0.15) is 5.69 Å². The minimum atomic E-state index is 0.0790. The van der Waals surface area contributed by atoms with Crippen molar-refractivity contribution in [3.05, 3.63) is 34.2 Å². The SMILES string of the molecule is CC(C)(C)NCc1snnc1-c1cccc(Cl)c1. The third-order valence-corrected chi connectivity index (χ3v) is 3.39. The van der Waals surface area contributed by atoms with Gasteiger partial charge in [0.25, 0.3) is 0 Å². The monoisotopic (exact) mass is 281 g/mol. The minimum Gasteiger partial charge on any atom is -0.307 e. The Bertz CT molecular complexity index is 531. The van der Waals surface area contributed by atoms with Crippen LogP contribution in [0.2, 0.25) is 5.02 Å². The Balaban J connectivity index is 2.23. The van der Waals surface area contributed by atoms with Crippen LogP contribution >= 0.6 is 23.1 Å². The molecule has 5 heteroatoms. The van der Waals surface area contributed by atoms with E-state index in [1.54, 1.807) is 0 Å². The molecule has 2 rings (SSSR count). The first-order valence-electron chi connectivity index (χ1n) is 5.78. The predicted octanol–water partition coefficient (Wildman–Crippen LogP) is 3.75. The summed E-state index contributed by atoms with van der Waals surface area (Å²) >= 11 is 7.43. The Kier molecular flexibility index (Phi) is 4.00. The molecule has 0 aliphatic rings. The van der Waals surface area contributed by atoms with Gasteiger partial charge >= 0.3 is 0 Å². The number of rotatable bonds is 3. The number of benzene rings is 1. The van der Waals surface area contributed by atoms with Crippen LogP contribution in [0.25, 0.3) is 11.3 Å². The van der Waals surface area contributed by atoms with Crippen LogP contribution < -0.4 is 5.32 Å². The first-order chi connectivity index (χ1) is 8.46. The Labute approximate surface area is 116 Å². The van der Waals surface area contributed by atoms with Crippen LogP contribution in [0, 0.1) is 0 Å². The summed E-state index contributed by atoms with van der Waals surface area (Å²) in [5.41, 5.74) is 2.01. The zero-order chi connectivity index (χ0) is 13.2. The number of aromatic nitrogens is 2. The summed E-state index contributed by atoms with van der Waals surface area (Å²) < 4.78 is 4.04. The van der Waals surface area contributed by atoms with Crippen molar-refractivity contribution in [2.75, 3.05) is 0 Å². The molecular weight excluding hydrogens is 266 g/mol. The van der Waals surface area contributed by atoms with E-state index in [4.69, 9.17) is 11.6 Å². The summed E-state index contributed by atoms with van der Waals surface area (Å²) in [5.74, 6) is 0. The zero-order valence-electron chi connectivity index (χ0n) is 10.7. The van der Waals surface area contributed by atoms with E-state index in [1.807, 2.05) is 24.3 Å². The fourth-order valence-corrected chi connectivity index (χ4v) is 2.32. The summed E-state index contributed by atoms with van der Waals surface area (Å²) in [6, 6.07) is 7.71. The highest BCUT2D eigenvalue weighted by Crippen LogP contribution is 2.26. The van der Waals surface area contributed by atoms with Crippen LogP contribution in [0.4, 0.5) is 0 Å². The summed E-state index contributed by atoms with van der Waals surface area (Å²) in [6.07, 6.45) is 0. The van der Waals surface area contributed by atoms with E-state index in [0.717, 1.165) is 27.7 Å². The van der Waals surface area contributed by atoms with Crippen LogP contribution in [-0.2, 0) is 6.54 Å². The minimum absolute atomic E-state index is 0.0790. The van der Waals surface area contributed by atoms with Crippen molar-refractivity contribution in [1.82, 2.24) is 14.9 Å². The maximum Gasteiger partial charge on any atom is 0.110 e. The lowest BCUT2D eigenvalue weighted by molar-refractivity contribution is 0.426. The van der Waals surface area contributed by atoms with Crippen molar-refractivity contribution < 1.29 is 0 Å². The Morgan fingerprint density at radius 1 is 1.33 bits per heavy atom. The molecule has 1 aromatic heterocycles. The Morgan fingerprint density at radius 3 is 2.78 bits per heavy atom. The first kappa shape index (κ1) is 13.5. The average molecular weight is 282 g/mol. The highest BCUT2D eigenvalue weighted by Gasteiger charge is 2.14. The molecule has 0 fully saturated rings. The molecule has 0 saturated carbocycles. The molecule has 1 heterocycles. The van der Waals surface area contributed by atoms with Gasteiger partial charge in [-0.3, -0.25) is 0 Å². The number of nitrogens with one attached hydrogen (secondary N) is 1. The number of halogens is 1. The standard InChI is InChI=1S/C13H16ClN3S/c1-13(2,3)15-8-11-12(16-17-18-11)9-5-4-6-10(14)7-9/h4-7,15H,8H2,1-3H3. The lowest BCUT2D eigenvalue weighted by atomic mass is 10.1. The van der Waals surface area contributed by atoms with Gasteiger partial charge < -0.3 is 5.32 Å². The summed E-state index contributed by atoms with van der Waals surface area (Å²) in [5, 5.41) is 8.36. The van der Waals surface area contributed by atoms with Crippen molar-refractivity contribution in [3.8, 4) is 11.3 Å². The van der Waals surface area contributed by atoms with E-state index in [9.17, 15) is 0 Å². The zero-order valence-corrected chi connectivity index (χ0v) is 12.3. The third-order valence-electron chi connectivity index (χ3n) is 2.43. The molecule has 0 bridgehead atoms. The molecule has 1 N–H and O–H groups in total. The molecule has 0 radical (unpaired) electrons. The van der Waals surface area contributed by atoms with Gasteiger partial charge in [-0.2, -0.15) is 0 Å². The summed E-state index contributed by atoms with van der Waals surface area (Å²) in [7, 11) is 0. The molecular formula is C13H16ClN3S. The van der Waals surface area contributed by atoms with E-state index >= 15 is 0 Å². The molecule has 0 unspecified atom stereocenters. The number of nitrogens with zero attached hydrogens (tertiary/aromatic N) is 2. The lowest BCUT2D eigenvalue weighted by Gasteiger charge is -2.19. The van der Waals surface area contributed by atoms with Crippen LogP contribution in [0.15, 0.2) is 24.3 Å². The molecule has 0 atom stereocenters. The topological polar surface area (TPSA) is 37.8 Å². The van der Waals surface area contributed by atoms with E-state index in [0.29, 0.717) is 0 Å². The van der Waals surface area contributed by atoms with Crippen LogP contribution in [0.1, 0.15) is 25.6 Å². The number of hydrogen-bond donors (Lipinski definition) is 1. The van der Waals surface area contributed by atoms with Crippen molar-refractivity contribution in [2.45, 2.75) is 32.9 Å². The molecule has 18 heavy (non-hydrogen) atoms. The predicted molar refractivity (Wildman–Crippen MR) is 76.9 cm³/mol. The van der Waals surface area contributed by atoms with E-state index < -0.39 is 0 Å². The van der Waals surface area contributed by atoms with Gasteiger partial charge in [0, 0.05) is 22.7 Å². The van der Waals surface area contributed by atoms with Gasteiger partial charge in [-0.05, 0) is 44.4 Å². The second kappa shape index (κ2) is 5.34. The first-order valence-corrected chi connectivity index (χ1v) is 6.93. The fourth-order valence-electron chi connectivity index (χ4n) is 1.53. The molecule has 3 nitrogen and oxygen atoms in total. The maximum absolute atomic E-state index is 6.00. The smallest absolute Gasteiger partial charge is 0.110 e. The highest BCUT2D eigenvalue weighted by atomic mass is 35.5. The number of hydrogen-bond acceptors (Lipinski definition) is 4. The van der Waals surface area contributed by atoms with Crippen molar-refractivity contribution in [3.63, 3.8) is 0 Å². The van der Waals surface area contributed by atoms with Crippen LogP contribution in [0.3, 0.4) is 0 Å². The molecule has 1 aromatic carbocycles. The normalized spacial score (nSPS) is 11.8. The lowest BCUT2D eigenvalue weighted by Crippen LogP contribution is -2.34. The second-order valence-electron chi connectivity index (χ2n) is 5.16. The largest absolute Gasteiger partial charge is 0.307 e. The van der Waals surface area contributed by atoms with Crippen molar-refractivity contribution in [1.29, 1.82) is 0 Å². The quantitative estimate of drug-likeness (QED) is 0.931. The van der Waals surface area contributed by atoms with Gasteiger partial charge in [0.15, 0.2) is 0 Å². The van der Waals surface area contributed by atoms with Gasteiger partial charge in [0.05, 0.1) is 4.88 Å². The molecule has 0 spiro atoms. The van der Waals surface area contributed by atoms with E-state index in [1.165, 1.54) is 11.5 Å².